The Morgan fingerprint density at radius 1 is 1.29 bits per heavy atom. The Bertz CT molecular complexity index is 281. The number of hydrogen-bond donors (Lipinski definition) is 0. The minimum absolute atomic E-state index is 0.155. The van der Waals surface area contributed by atoms with Gasteiger partial charge in [-0.15, -0.1) is 0 Å². The molecule has 0 saturated heterocycles. The Balaban J connectivity index is 4.67. The number of ether oxygens (including phenoxy) is 1. The van der Waals surface area contributed by atoms with Crippen LogP contribution < -0.4 is 5.11 Å². The molecule has 1 atom stereocenters. The molecule has 0 bridgehead atoms. The van der Waals surface area contributed by atoms with Crippen molar-refractivity contribution in [3.05, 3.63) is 0 Å². The maximum atomic E-state index is 11.7. The van der Waals surface area contributed by atoms with Crippen molar-refractivity contribution in [2.45, 2.75) is 52.7 Å². The molecule has 100 valence electrons. The molecular weight excluding hydrogens is 222 g/mol. The summed E-state index contributed by atoms with van der Waals surface area (Å²) >= 11 is 0. The van der Waals surface area contributed by atoms with Gasteiger partial charge >= 0.3 is 6.09 Å². The van der Waals surface area contributed by atoms with E-state index in [0.29, 0.717) is 6.42 Å². The molecule has 0 N–H and O–H groups in total. The lowest BCUT2D eigenvalue weighted by Crippen LogP contribution is -2.50. The molecule has 0 heterocycles. The Labute approximate surface area is 103 Å². The summed E-state index contributed by atoms with van der Waals surface area (Å²) in [5.41, 5.74) is -0.639. The molecule has 0 aromatic carbocycles. The molecular formula is C12H22NO4-. The van der Waals surface area contributed by atoms with E-state index in [1.807, 2.05) is 13.8 Å². The zero-order chi connectivity index (χ0) is 13.8. The van der Waals surface area contributed by atoms with E-state index < -0.39 is 23.7 Å². The molecule has 0 unspecified atom stereocenters. The van der Waals surface area contributed by atoms with E-state index in [-0.39, 0.29) is 5.92 Å². The first-order valence-corrected chi connectivity index (χ1v) is 5.71. The molecule has 0 spiro atoms. The number of carbonyl (C=O) groups excluding carboxylic acids is 2. The zero-order valence-electron chi connectivity index (χ0n) is 11.4. The highest BCUT2D eigenvalue weighted by molar-refractivity contribution is 5.78. The number of carboxylic acids is 1. The van der Waals surface area contributed by atoms with Gasteiger partial charge in [0, 0.05) is 7.05 Å². The molecule has 5 heteroatoms. The van der Waals surface area contributed by atoms with Crippen LogP contribution in [0.1, 0.15) is 41.0 Å². The normalized spacial score (nSPS) is 13.4. The second kappa shape index (κ2) is 5.89. The smallest absolute Gasteiger partial charge is 0.410 e. The second-order valence-electron chi connectivity index (χ2n) is 5.56. The van der Waals surface area contributed by atoms with Crippen molar-refractivity contribution in [2.75, 3.05) is 7.05 Å². The van der Waals surface area contributed by atoms with Crippen molar-refractivity contribution in [2.24, 2.45) is 5.92 Å². The molecule has 0 radical (unpaired) electrons. The van der Waals surface area contributed by atoms with Gasteiger partial charge in [-0.05, 0) is 33.1 Å². The third kappa shape index (κ3) is 6.14. The fourth-order valence-corrected chi connectivity index (χ4v) is 1.32. The average Bonchev–Trinajstić information content (AvgIpc) is 2.09. The molecule has 17 heavy (non-hydrogen) atoms. The number of carboxylic acid groups (broad SMARTS) is 1. The van der Waals surface area contributed by atoms with Crippen LogP contribution in [0.15, 0.2) is 0 Å². The SMILES string of the molecule is CC(C)C[C@@H](C(=O)[O-])N(C)C(=O)OC(C)(C)C. The van der Waals surface area contributed by atoms with Crippen LogP contribution in [0.4, 0.5) is 4.79 Å². The van der Waals surface area contributed by atoms with Gasteiger partial charge in [0.25, 0.3) is 0 Å². The number of hydrogen-bond acceptors (Lipinski definition) is 4. The van der Waals surface area contributed by atoms with Crippen molar-refractivity contribution in [1.82, 2.24) is 4.90 Å². The molecule has 0 aromatic heterocycles. The first-order valence-electron chi connectivity index (χ1n) is 5.71. The van der Waals surface area contributed by atoms with E-state index in [1.54, 1.807) is 20.8 Å². The Morgan fingerprint density at radius 3 is 2.06 bits per heavy atom. The number of amides is 1. The summed E-state index contributed by atoms with van der Waals surface area (Å²) in [4.78, 5) is 23.8. The molecule has 0 aliphatic rings. The zero-order valence-corrected chi connectivity index (χ0v) is 11.4. The lowest BCUT2D eigenvalue weighted by molar-refractivity contribution is -0.311. The number of likely N-dealkylation sites (N-methyl/N-ethyl adjacent to an activating group) is 1. The fraction of sp³-hybridized carbons (Fsp3) is 0.833. The van der Waals surface area contributed by atoms with Crippen LogP contribution in [-0.2, 0) is 9.53 Å². The van der Waals surface area contributed by atoms with E-state index in [9.17, 15) is 14.7 Å². The minimum Gasteiger partial charge on any atom is -0.548 e. The Morgan fingerprint density at radius 2 is 1.76 bits per heavy atom. The summed E-state index contributed by atoms with van der Waals surface area (Å²) in [5, 5.41) is 11.0. The van der Waals surface area contributed by atoms with Gasteiger partial charge in [0.2, 0.25) is 0 Å². The molecule has 0 aliphatic carbocycles. The predicted molar refractivity (Wildman–Crippen MR) is 62.2 cm³/mol. The Hall–Kier alpha value is -1.26. The van der Waals surface area contributed by atoms with Crippen LogP contribution in [0, 0.1) is 5.92 Å². The molecule has 0 saturated carbocycles. The third-order valence-corrected chi connectivity index (χ3v) is 2.12. The van der Waals surface area contributed by atoms with Crippen LogP contribution in [-0.4, -0.2) is 35.7 Å². The van der Waals surface area contributed by atoms with Crippen LogP contribution in [0.25, 0.3) is 0 Å². The predicted octanol–water partition coefficient (Wildman–Crippen LogP) is 1.02. The van der Waals surface area contributed by atoms with Gasteiger partial charge in [0.15, 0.2) is 0 Å². The summed E-state index contributed by atoms with van der Waals surface area (Å²) in [6.07, 6.45) is -0.301. The fourth-order valence-electron chi connectivity index (χ4n) is 1.32. The highest BCUT2D eigenvalue weighted by Gasteiger charge is 2.26. The third-order valence-electron chi connectivity index (χ3n) is 2.12. The van der Waals surface area contributed by atoms with Crippen molar-refractivity contribution in [3.8, 4) is 0 Å². The average molecular weight is 244 g/mol. The van der Waals surface area contributed by atoms with E-state index >= 15 is 0 Å². The first kappa shape index (κ1) is 15.7. The number of rotatable bonds is 4. The molecule has 5 nitrogen and oxygen atoms in total. The van der Waals surface area contributed by atoms with E-state index in [4.69, 9.17) is 4.74 Å². The summed E-state index contributed by atoms with van der Waals surface area (Å²) in [7, 11) is 1.41. The van der Waals surface area contributed by atoms with Crippen LogP contribution in [0.5, 0.6) is 0 Å². The van der Waals surface area contributed by atoms with Gasteiger partial charge in [0.05, 0.1) is 12.0 Å². The van der Waals surface area contributed by atoms with Gasteiger partial charge in [-0.2, -0.15) is 0 Å². The van der Waals surface area contributed by atoms with Crippen molar-refractivity contribution < 1.29 is 19.4 Å². The lowest BCUT2D eigenvalue weighted by atomic mass is 10.0. The monoisotopic (exact) mass is 244 g/mol. The van der Waals surface area contributed by atoms with Gasteiger partial charge < -0.3 is 19.5 Å². The first-order chi connectivity index (χ1) is 7.54. The molecule has 0 fully saturated rings. The van der Waals surface area contributed by atoms with Gasteiger partial charge in [-0.3, -0.25) is 0 Å². The summed E-state index contributed by atoms with van der Waals surface area (Å²) in [6, 6.07) is -0.954. The van der Waals surface area contributed by atoms with Crippen LogP contribution >= 0.6 is 0 Å². The number of aliphatic carboxylic acids is 1. The lowest BCUT2D eigenvalue weighted by Gasteiger charge is -2.32. The summed E-state index contributed by atoms with van der Waals surface area (Å²) in [6.45, 7) is 8.97. The molecule has 1 amide bonds. The number of carbonyl (C=O) groups is 2. The minimum atomic E-state index is -1.26. The molecule has 0 aliphatic heterocycles. The van der Waals surface area contributed by atoms with Crippen molar-refractivity contribution in [3.63, 3.8) is 0 Å². The van der Waals surface area contributed by atoms with Gasteiger partial charge in [0.1, 0.15) is 5.60 Å². The second-order valence-corrected chi connectivity index (χ2v) is 5.56. The van der Waals surface area contributed by atoms with Crippen LogP contribution in [0.3, 0.4) is 0 Å². The summed E-state index contributed by atoms with van der Waals surface area (Å²) < 4.78 is 5.11. The maximum Gasteiger partial charge on any atom is 0.410 e. The van der Waals surface area contributed by atoms with Crippen molar-refractivity contribution in [1.29, 1.82) is 0 Å². The largest absolute Gasteiger partial charge is 0.548 e. The number of nitrogens with zero attached hydrogens (tertiary/aromatic N) is 1. The summed E-state index contributed by atoms with van der Waals surface area (Å²) in [5.74, 6) is -1.10. The highest BCUT2D eigenvalue weighted by atomic mass is 16.6. The highest BCUT2D eigenvalue weighted by Crippen LogP contribution is 2.14. The van der Waals surface area contributed by atoms with Crippen LogP contribution in [0.2, 0.25) is 0 Å². The van der Waals surface area contributed by atoms with Gasteiger partial charge in [-0.25, -0.2) is 4.79 Å². The van der Waals surface area contributed by atoms with E-state index in [0.717, 1.165) is 4.90 Å². The molecule has 0 aromatic rings. The van der Waals surface area contributed by atoms with E-state index in [1.165, 1.54) is 7.05 Å². The van der Waals surface area contributed by atoms with Gasteiger partial charge in [-0.1, -0.05) is 13.8 Å². The maximum absolute atomic E-state index is 11.7. The Kier molecular flexibility index (Phi) is 5.45. The standard InChI is InChI=1S/C12H23NO4/c1-8(2)7-9(10(14)15)13(6)11(16)17-12(3,4)5/h8-9H,7H2,1-6H3,(H,14,15)/p-1/t9-/m0/s1. The van der Waals surface area contributed by atoms with E-state index in [2.05, 4.69) is 0 Å². The quantitative estimate of drug-likeness (QED) is 0.740. The topological polar surface area (TPSA) is 69.7 Å². The van der Waals surface area contributed by atoms with Crippen molar-refractivity contribution >= 4 is 12.1 Å². The molecule has 0 rings (SSSR count).